The van der Waals surface area contributed by atoms with E-state index in [1.807, 2.05) is 30.3 Å². The van der Waals surface area contributed by atoms with E-state index in [1.54, 1.807) is 21.0 Å². The maximum atomic E-state index is 11.6. The quantitative estimate of drug-likeness (QED) is 0.444. The first-order valence-corrected chi connectivity index (χ1v) is 5.18. The van der Waals surface area contributed by atoms with Crippen molar-refractivity contribution in [3.8, 4) is 0 Å². The van der Waals surface area contributed by atoms with Gasteiger partial charge in [-0.05, 0) is 13.8 Å². The van der Waals surface area contributed by atoms with Crippen LogP contribution in [-0.2, 0) is 14.3 Å². The fourth-order valence-electron chi connectivity index (χ4n) is 1.41. The molecule has 3 nitrogen and oxygen atoms in total. The zero-order chi connectivity index (χ0) is 12.0. The predicted molar refractivity (Wildman–Crippen MR) is 62.7 cm³/mol. The Labute approximate surface area is 95.7 Å². The van der Waals surface area contributed by atoms with Crippen LogP contribution in [0.2, 0.25) is 0 Å². The van der Waals surface area contributed by atoms with Crippen molar-refractivity contribution in [3.63, 3.8) is 0 Å². The highest BCUT2D eigenvalue weighted by Gasteiger charge is 2.13. The van der Waals surface area contributed by atoms with Gasteiger partial charge < -0.3 is 9.47 Å². The molecule has 0 atom stereocenters. The lowest BCUT2D eigenvalue weighted by atomic mass is 10.1. The SMILES string of the molecule is CCOC(=O)/C(C)=C(\OC)c1ccccc1. The molecule has 0 spiro atoms. The monoisotopic (exact) mass is 220 g/mol. The van der Waals surface area contributed by atoms with Crippen LogP contribution in [-0.4, -0.2) is 19.7 Å². The van der Waals surface area contributed by atoms with Gasteiger partial charge in [0.1, 0.15) is 5.76 Å². The molecule has 3 heteroatoms. The molecule has 0 fully saturated rings. The Hall–Kier alpha value is -1.77. The third kappa shape index (κ3) is 2.86. The normalized spacial score (nSPS) is 11.7. The van der Waals surface area contributed by atoms with Crippen molar-refractivity contribution in [1.82, 2.24) is 0 Å². The molecule has 0 bridgehead atoms. The van der Waals surface area contributed by atoms with Crippen LogP contribution in [0.4, 0.5) is 0 Å². The Morgan fingerprint density at radius 2 is 1.88 bits per heavy atom. The average molecular weight is 220 g/mol. The first-order valence-electron chi connectivity index (χ1n) is 5.18. The maximum absolute atomic E-state index is 11.6. The molecule has 16 heavy (non-hydrogen) atoms. The van der Waals surface area contributed by atoms with E-state index in [0.29, 0.717) is 17.9 Å². The number of ether oxygens (including phenoxy) is 2. The van der Waals surface area contributed by atoms with Gasteiger partial charge in [0, 0.05) is 5.56 Å². The summed E-state index contributed by atoms with van der Waals surface area (Å²) in [5.41, 5.74) is 1.35. The number of carbonyl (C=O) groups excluding carboxylic acids is 1. The van der Waals surface area contributed by atoms with Gasteiger partial charge in [0.25, 0.3) is 0 Å². The predicted octanol–water partition coefficient (Wildman–Crippen LogP) is 2.63. The van der Waals surface area contributed by atoms with Crippen molar-refractivity contribution >= 4 is 11.7 Å². The number of rotatable bonds is 4. The Morgan fingerprint density at radius 1 is 1.25 bits per heavy atom. The number of hydrogen-bond donors (Lipinski definition) is 0. The Kier molecular flexibility index (Phi) is 4.58. The van der Waals surface area contributed by atoms with E-state index in [2.05, 4.69) is 0 Å². The maximum Gasteiger partial charge on any atom is 0.337 e. The van der Waals surface area contributed by atoms with Crippen molar-refractivity contribution < 1.29 is 14.3 Å². The second-order valence-corrected chi connectivity index (χ2v) is 3.24. The van der Waals surface area contributed by atoms with Gasteiger partial charge in [-0.3, -0.25) is 0 Å². The highest BCUT2D eigenvalue weighted by Crippen LogP contribution is 2.19. The fourth-order valence-corrected chi connectivity index (χ4v) is 1.41. The molecule has 0 N–H and O–H groups in total. The molecule has 0 aromatic heterocycles. The number of carbonyl (C=O) groups is 1. The Morgan fingerprint density at radius 3 is 2.38 bits per heavy atom. The van der Waals surface area contributed by atoms with E-state index < -0.39 is 0 Å². The Bertz CT molecular complexity index is 379. The molecule has 0 amide bonds. The van der Waals surface area contributed by atoms with Gasteiger partial charge in [0.2, 0.25) is 0 Å². The molecular weight excluding hydrogens is 204 g/mol. The summed E-state index contributed by atoms with van der Waals surface area (Å²) in [4.78, 5) is 11.6. The van der Waals surface area contributed by atoms with Gasteiger partial charge in [-0.2, -0.15) is 0 Å². The van der Waals surface area contributed by atoms with E-state index >= 15 is 0 Å². The molecule has 0 aliphatic heterocycles. The first-order chi connectivity index (χ1) is 7.70. The summed E-state index contributed by atoms with van der Waals surface area (Å²) in [5.74, 6) is 0.210. The van der Waals surface area contributed by atoms with Crippen LogP contribution >= 0.6 is 0 Å². The first kappa shape index (κ1) is 12.3. The van der Waals surface area contributed by atoms with Gasteiger partial charge in [-0.25, -0.2) is 4.79 Å². The van der Waals surface area contributed by atoms with Crippen LogP contribution in [0.1, 0.15) is 19.4 Å². The third-order valence-corrected chi connectivity index (χ3v) is 2.16. The highest BCUT2D eigenvalue weighted by atomic mass is 16.5. The number of methoxy groups -OCH3 is 1. The molecular formula is C13H16O3. The minimum atomic E-state index is -0.344. The van der Waals surface area contributed by atoms with Gasteiger partial charge in [0.15, 0.2) is 0 Å². The summed E-state index contributed by atoms with van der Waals surface area (Å²) in [6.07, 6.45) is 0. The summed E-state index contributed by atoms with van der Waals surface area (Å²) in [6, 6.07) is 9.49. The third-order valence-electron chi connectivity index (χ3n) is 2.16. The fraction of sp³-hybridized carbons (Fsp3) is 0.308. The average Bonchev–Trinajstić information content (AvgIpc) is 2.31. The molecule has 86 valence electrons. The van der Waals surface area contributed by atoms with Crippen LogP contribution in [0.15, 0.2) is 35.9 Å². The molecule has 1 rings (SSSR count). The minimum Gasteiger partial charge on any atom is -0.496 e. The molecule has 1 aromatic carbocycles. The van der Waals surface area contributed by atoms with E-state index in [1.165, 1.54) is 0 Å². The summed E-state index contributed by atoms with van der Waals surface area (Å²) in [5, 5.41) is 0. The lowest BCUT2D eigenvalue weighted by molar-refractivity contribution is -0.138. The molecule has 0 saturated heterocycles. The smallest absolute Gasteiger partial charge is 0.337 e. The van der Waals surface area contributed by atoms with Crippen LogP contribution in [0.3, 0.4) is 0 Å². The van der Waals surface area contributed by atoms with E-state index in [4.69, 9.17) is 9.47 Å². The zero-order valence-electron chi connectivity index (χ0n) is 9.82. The molecule has 1 aromatic rings. The summed E-state index contributed by atoms with van der Waals surface area (Å²) in [6.45, 7) is 3.84. The van der Waals surface area contributed by atoms with Crippen molar-refractivity contribution in [1.29, 1.82) is 0 Å². The van der Waals surface area contributed by atoms with Crippen LogP contribution < -0.4 is 0 Å². The minimum absolute atomic E-state index is 0.344. The number of esters is 1. The molecule has 0 heterocycles. The second-order valence-electron chi connectivity index (χ2n) is 3.24. The van der Waals surface area contributed by atoms with Crippen LogP contribution in [0, 0.1) is 0 Å². The van der Waals surface area contributed by atoms with E-state index in [9.17, 15) is 4.79 Å². The van der Waals surface area contributed by atoms with Crippen molar-refractivity contribution in [2.75, 3.05) is 13.7 Å². The lowest BCUT2D eigenvalue weighted by Crippen LogP contribution is -2.08. The largest absolute Gasteiger partial charge is 0.496 e. The lowest BCUT2D eigenvalue weighted by Gasteiger charge is -2.10. The van der Waals surface area contributed by atoms with Crippen LogP contribution in [0.5, 0.6) is 0 Å². The van der Waals surface area contributed by atoms with Gasteiger partial charge >= 0.3 is 5.97 Å². The van der Waals surface area contributed by atoms with Crippen molar-refractivity contribution in [2.24, 2.45) is 0 Å². The molecule has 0 aliphatic rings. The highest BCUT2D eigenvalue weighted by molar-refractivity contribution is 5.95. The Balaban J connectivity index is 3.05. The summed E-state index contributed by atoms with van der Waals surface area (Å²) >= 11 is 0. The van der Waals surface area contributed by atoms with Crippen molar-refractivity contribution in [2.45, 2.75) is 13.8 Å². The van der Waals surface area contributed by atoms with E-state index in [0.717, 1.165) is 5.56 Å². The standard InChI is InChI=1S/C13H16O3/c1-4-16-13(14)10(2)12(15-3)11-8-6-5-7-9-11/h5-9H,4H2,1-3H3/b12-10-. The topological polar surface area (TPSA) is 35.5 Å². The summed E-state index contributed by atoms with van der Waals surface area (Å²) in [7, 11) is 1.55. The van der Waals surface area contributed by atoms with Gasteiger partial charge in [-0.15, -0.1) is 0 Å². The van der Waals surface area contributed by atoms with Crippen LogP contribution in [0.25, 0.3) is 5.76 Å². The zero-order valence-corrected chi connectivity index (χ0v) is 9.82. The summed E-state index contributed by atoms with van der Waals surface area (Å²) < 4.78 is 10.2. The number of hydrogen-bond acceptors (Lipinski definition) is 3. The second kappa shape index (κ2) is 5.95. The number of benzene rings is 1. The van der Waals surface area contributed by atoms with Gasteiger partial charge in [0.05, 0.1) is 19.3 Å². The van der Waals surface area contributed by atoms with Gasteiger partial charge in [-0.1, -0.05) is 30.3 Å². The molecule has 0 radical (unpaired) electrons. The molecule has 0 aliphatic carbocycles. The van der Waals surface area contributed by atoms with Crippen molar-refractivity contribution in [3.05, 3.63) is 41.5 Å². The molecule has 0 saturated carbocycles. The molecule has 0 unspecified atom stereocenters. The van der Waals surface area contributed by atoms with E-state index in [-0.39, 0.29) is 5.97 Å².